The molecule has 1 N–H and O–H groups in total. The molecular weight excluding hydrogens is 317 g/mol. The van der Waals surface area contributed by atoms with Crippen LogP contribution in [0.5, 0.6) is 5.75 Å². The number of carbonyl (C=O) groups is 2. The van der Waals surface area contributed by atoms with Crippen LogP contribution in [0, 0.1) is 5.92 Å². The number of para-hydroxylation sites is 1. The Morgan fingerprint density at radius 2 is 2.18 bits per heavy atom. The van der Waals surface area contributed by atoms with E-state index >= 15 is 0 Å². The first kappa shape index (κ1) is 16.2. The van der Waals surface area contributed by atoms with E-state index in [-0.39, 0.29) is 30.0 Å². The van der Waals surface area contributed by atoms with E-state index in [1.807, 2.05) is 0 Å². The normalized spacial score (nSPS) is 18.5. The third kappa shape index (κ3) is 3.35. The van der Waals surface area contributed by atoms with Crippen LogP contribution >= 0.6 is 0 Å². The summed E-state index contributed by atoms with van der Waals surface area (Å²) in [6, 6.07) is 4.27. The SMILES string of the molecule is COc1cccc(C(=O)O)c1N1CC(CS(=O)(=O)F)CC1=O. The number of carboxylic acid groups (broad SMARTS) is 1. The number of anilines is 1. The maximum Gasteiger partial charge on any atom is 0.337 e. The molecular formula is C13H14FNO6S. The Kier molecular flexibility index (Phi) is 4.36. The molecule has 0 saturated carbocycles. The molecule has 1 aromatic rings. The van der Waals surface area contributed by atoms with Gasteiger partial charge in [0.25, 0.3) is 0 Å². The second-order valence-electron chi connectivity index (χ2n) is 4.94. The predicted octanol–water partition coefficient (Wildman–Crippen LogP) is 1.05. The lowest BCUT2D eigenvalue weighted by atomic mass is 10.1. The lowest BCUT2D eigenvalue weighted by Crippen LogP contribution is -2.27. The fraction of sp³-hybridized carbons (Fsp3) is 0.385. The standard InChI is InChI=1S/C13H14FNO6S/c1-21-10-4-2-3-9(13(17)18)12(10)15-6-8(5-11(15)16)7-22(14,19)20/h2-4,8H,5-7H2,1H3,(H,17,18). The molecule has 7 nitrogen and oxygen atoms in total. The number of carbonyl (C=O) groups excluding carboxylic acids is 1. The molecule has 1 atom stereocenters. The van der Waals surface area contributed by atoms with Crippen molar-refractivity contribution in [1.29, 1.82) is 0 Å². The lowest BCUT2D eigenvalue weighted by Gasteiger charge is -2.21. The summed E-state index contributed by atoms with van der Waals surface area (Å²) in [6.07, 6.45) is -0.166. The van der Waals surface area contributed by atoms with Crippen molar-refractivity contribution in [2.24, 2.45) is 5.92 Å². The van der Waals surface area contributed by atoms with Crippen molar-refractivity contribution < 1.29 is 31.7 Å². The molecule has 0 spiro atoms. The van der Waals surface area contributed by atoms with Gasteiger partial charge in [0, 0.05) is 18.9 Å². The molecule has 0 aromatic heterocycles. The molecule has 1 heterocycles. The zero-order valence-corrected chi connectivity index (χ0v) is 12.5. The van der Waals surface area contributed by atoms with Crippen LogP contribution in [0.25, 0.3) is 0 Å². The Balaban J connectivity index is 2.40. The topological polar surface area (TPSA) is 101 Å². The van der Waals surface area contributed by atoms with Gasteiger partial charge in [-0.3, -0.25) is 4.79 Å². The molecule has 1 saturated heterocycles. The van der Waals surface area contributed by atoms with E-state index in [2.05, 4.69) is 0 Å². The summed E-state index contributed by atoms with van der Waals surface area (Å²) in [5.41, 5.74) is -0.0855. The molecule has 120 valence electrons. The van der Waals surface area contributed by atoms with Crippen molar-refractivity contribution in [3.63, 3.8) is 0 Å². The number of nitrogens with zero attached hydrogens (tertiary/aromatic N) is 1. The van der Waals surface area contributed by atoms with Crippen molar-refractivity contribution in [3.05, 3.63) is 23.8 Å². The van der Waals surface area contributed by atoms with Gasteiger partial charge in [-0.25, -0.2) is 4.79 Å². The van der Waals surface area contributed by atoms with E-state index in [9.17, 15) is 27.0 Å². The minimum Gasteiger partial charge on any atom is -0.495 e. The van der Waals surface area contributed by atoms with Crippen molar-refractivity contribution in [3.8, 4) is 5.75 Å². The molecule has 1 fully saturated rings. The van der Waals surface area contributed by atoms with E-state index in [0.717, 1.165) is 4.90 Å². The van der Waals surface area contributed by atoms with Crippen molar-refractivity contribution >= 4 is 27.8 Å². The molecule has 22 heavy (non-hydrogen) atoms. The Morgan fingerprint density at radius 1 is 1.50 bits per heavy atom. The number of halogens is 1. The van der Waals surface area contributed by atoms with Gasteiger partial charge in [0.2, 0.25) is 5.91 Å². The maximum absolute atomic E-state index is 12.8. The van der Waals surface area contributed by atoms with Gasteiger partial charge in [-0.05, 0) is 12.1 Å². The van der Waals surface area contributed by atoms with Gasteiger partial charge in [-0.2, -0.15) is 8.42 Å². The van der Waals surface area contributed by atoms with Crippen LogP contribution < -0.4 is 9.64 Å². The fourth-order valence-corrected chi connectivity index (χ4v) is 3.32. The van der Waals surface area contributed by atoms with E-state index in [1.54, 1.807) is 0 Å². The van der Waals surface area contributed by atoms with Gasteiger partial charge in [-0.1, -0.05) is 6.07 Å². The summed E-state index contributed by atoms with van der Waals surface area (Å²) in [5.74, 6) is -3.04. The third-order valence-corrected chi connectivity index (χ3v) is 4.23. The maximum atomic E-state index is 12.8. The van der Waals surface area contributed by atoms with Crippen LogP contribution in [-0.2, 0) is 15.0 Å². The van der Waals surface area contributed by atoms with E-state index in [4.69, 9.17) is 4.74 Å². The predicted molar refractivity (Wildman–Crippen MR) is 75.3 cm³/mol. The Labute approximate surface area is 126 Å². The van der Waals surface area contributed by atoms with Gasteiger partial charge < -0.3 is 14.7 Å². The molecule has 0 radical (unpaired) electrons. The number of carboxylic acids is 1. The first-order chi connectivity index (χ1) is 10.2. The Hall–Kier alpha value is -2.16. The van der Waals surface area contributed by atoms with Gasteiger partial charge in [-0.15, -0.1) is 3.89 Å². The molecule has 2 rings (SSSR count). The van der Waals surface area contributed by atoms with Gasteiger partial charge >= 0.3 is 16.2 Å². The largest absolute Gasteiger partial charge is 0.495 e. The molecule has 0 aliphatic carbocycles. The summed E-state index contributed by atoms with van der Waals surface area (Å²) in [7, 11) is -3.38. The summed E-state index contributed by atoms with van der Waals surface area (Å²) in [4.78, 5) is 24.5. The molecule has 1 amide bonds. The highest BCUT2D eigenvalue weighted by Gasteiger charge is 2.36. The average Bonchev–Trinajstić information content (AvgIpc) is 2.75. The number of rotatable bonds is 5. The van der Waals surface area contributed by atoms with Crippen LogP contribution in [0.15, 0.2) is 18.2 Å². The minimum absolute atomic E-state index is 0.0567. The number of aromatic carboxylic acids is 1. The number of hydrogen-bond donors (Lipinski definition) is 1. The monoisotopic (exact) mass is 331 g/mol. The number of amides is 1. The Bertz CT molecular complexity index is 717. The van der Waals surface area contributed by atoms with Crippen LogP contribution in [-0.4, -0.2) is 44.8 Å². The highest BCUT2D eigenvalue weighted by Crippen LogP contribution is 2.36. The highest BCUT2D eigenvalue weighted by molar-refractivity contribution is 7.86. The van der Waals surface area contributed by atoms with Gasteiger partial charge in [0.05, 0.1) is 18.4 Å². The summed E-state index contributed by atoms with van der Waals surface area (Å²) in [5, 5.41) is 9.24. The molecule has 1 unspecified atom stereocenters. The van der Waals surface area contributed by atoms with Crippen molar-refractivity contribution in [2.45, 2.75) is 6.42 Å². The lowest BCUT2D eigenvalue weighted by molar-refractivity contribution is -0.117. The number of methoxy groups -OCH3 is 1. The first-order valence-electron chi connectivity index (χ1n) is 6.36. The number of ether oxygens (including phenoxy) is 1. The fourth-order valence-electron chi connectivity index (χ4n) is 2.53. The number of benzene rings is 1. The van der Waals surface area contributed by atoms with E-state index in [0.29, 0.717) is 0 Å². The van der Waals surface area contributed by atoms with Crippen LogP contribution in [0.4, 0.5) is 9.57 Å². The molecule has 9 heteroatoms. The second-order valence-corrected chi connectivity index (χ2v) is 6.35. The number of hydrogen-bond acceptors (Lipinski definition) is 5. The zero-order chi connectivity index (χ0) is 16.5. The third-order valence-electron chi connectivity index (χ3n) is 3.36. The molecule has 1 aromatic carbocycles. The quantitative estimate of drug-likeness (QED) is 0.809. The van der Waals surface area contributed by atoms with E-state index in [1.165, 1.54) is 25.3 Å². The summed E-state index contributed by atoms with van der Waals surface area (Å²) >= 11 is 0. The van der Waals surface area contributed by atoms with Crippen LogP contribution in [0.3, 0.4) is 0 Å². The summed E-state index contributed by atoms with van der Waals surface area (Å²) in [6.45, 7) is -0.0807. The van der Waals surface area contributed by atoms with Crippen molar-refractivity contribution in [2.75, 3.05) is 24.3 Å². The average molecular weight is 331 g/mol. The molecule has 1 aliphatic heterocycles. The minimum atomic E-state index is -4.71. The Morgan fingerprint density at radius 3 is 2.73 bits per heavy atom. The smallest absolute Gasteiger partial charge is 0.337 e. The van der Waals surface area contributed by atoms with Gasteiger partial charge in [0.15, 0.2) is 0 Å². The molecule has 1 aliphatic rings. The summed E-state index contributed by atoms with van der Waals surface area (Å²) < 4.78 is 39.3. The second kappa shape index (κ2) is 5.91. The highest BCUT2D eigenvalue weighted by atomic mass is 32.3. The van der Waals surface area contributed by atoms with Crippen molar-refractivity contribution in [1.82, 2.24) is 0 Å². The first-order valence-corrected chi connectivity index (χ1v) is 7.91. The molecule has 0 bridgehead atoms. The van der Waals surface area contributed by atoms with Crippen LogP contribution in [0.1, 0.15) is 16.8 Å². The van der Waals surface area contributed by atoms with Crippen LogP contribution in [0.2, 0.25) is 0 Å². The van der Waals surface area contributed by atoms with E-state index < -0.39 is 33.8 Å². The van der Waals surface area contributed by atoms with Gasteiger partial charge in [0.1, 0.15) is 11.4 Å². The zero-order valence-electron chi connectivity index (χ0n) is 11.7.